The van der Waals surface area contributed by atoms with E-state index in [1.165, 1.54) is 58.6 Å². The maximum absolute atomic E-state index is 7.51. The largest absolute Gasteiger partial charge is 0.302 e. The molecule has 0 aliphatic heterocycles. The standard InChI is InChI=1S/C17H20.C11H16.C8H19N.C2H5NO/c1-4-13(3)12-15-11-10-14-8-6-7-9-17(14)16(15)5-2;1-9-7-5-6-8-10(9)11(2,3)4;1-6-7-9(5)8(2,3)4;1-2-3-4/h5-11,13H,2,4,12H2,1,3H3;5-8H,1-4H3;6-7H2,1-5H3;2-4H,1H2. The Morgan fingerprint density at radius 1 is 0.902 bits per heavy atom. The van der Waals surface area contributed by atoms with Crippen molar-refractivity contribution in [2.24, 2.45) is 5.92 Å². The van der Waals surface area contributed by atoms with Crippen molar-refractivity contribution in [3.8, 4) is 0 Å². The van der Waals surface area contributed by atoms with E-state index < -0.39 is 0 Å². The van der Waals surface area contributed by atoms with Gasteiger partial charge < -0.3 is 4.90 Å². The molecule has 1 atom stereocenters. The molecule has 3 aromatic carbocycles. The number of hydroxylamine groups is 1. The molecule has 0 bridgehead atoms. The van der Waals surface area contributed by atoms with Gasteiger partial charge in [0.25, 0.3) is 0 Å². The average molecular weight is 561 g/mol. The van der Waals surface area contributed by atoms with Crippen LogP contribution in [-0.2, 0) is 11.8 Å². The number of hydrogen-bond donors (Lipinski definition) is 2. The lowest BCUT2D eigenvalue weighted by molar-refractivity contribution is 0.176. The fourth-order valence-corrected chi connectivity index (χ4v) is 4.36. The highest BCUT2D eigenvalue weighted by atomic mass is 16.5. The van der Waals surface area contributed by atoms with Crippen LogP contribution in [0.15, 0.2) is 80.0 Å². The lowest BCUT2D eigenvalue weighted by atomic mass is 9.84. The lowest BCUT2D eigenvalue weighted by Crippen LogP contribution is -2.38. The fourth-order valence-electron chi connectivity index (χ4n) is 4.36. The summed E-state index contributed by atoms with van der Waals surface area (Å²) >= 11 is 0. The van der Waals surface area contributed by atoms with Gasteiger partial charge in [-0.3, -0.25) is 10.7 Å². The highest BCUT2D eigenvalue weighted by molar-refractivity contribution is 5.91. The summed E-state index contributed by atoms with van der Waals surface area (Å²) in [5, 5.41) is 10.1. The van der Waals surface area contributed by atoms with E-state index >= 15 is 0 Å². The van der Waals surface area contributed by atoms with Crippen molar-refractivity contribution in [1.29, 1.82) is 0 Å². The molecular formula is C38H60N2O. The van der Waals surface area contributed by atoms with E-state index in [0.29, 0.717) is 5.54 Å². The molecule has 1 unspecified atom stereocenters. The molecule has 0 aliphatic carbocycles. The first kappa shape index (κ1) is 38.1. The second kappa shape index (κ2) is 19.3. The number of aryl methyl sites for hydroxylation is 1. The summed E-state index contributed by atoms with van der Waals surface area (Å²) in [5.41, 5.74) is 7.89. The van der Waals surface area contributed by atoms with Crippen LogP contribution in [0.2, 0.25) is 0 Å². The molecule has 0 aliphatic rings. The molecule has 3 aromatic rings. The quantitative estimate of drug-likeness (QED) is 0.282. The Morgan fingerprint density at radius 3 is 1.88 bits per heavy atom. The third kappa shape index (κ3) is 14.5. The maximum Gasteiger partial charge on any atom is 0.0168 e. The average Bonchev–Trinajstić information content (AvgIpc) is 2.93. The summed E-state index contributed by atoms with van der Waals surface area (Å²) < 4.78 is 0. The van der Waals surface area contributed by atoms with Crippen LogP contribution in [0.3, 0.4) is 0 Å². The minimum absolute atomic E-state index is 0.283. The molecule has 0 radical (unpaired) electrons. The molecule has 3 nitrogen and oxygen atoms in total. The first-order valence-electron chi connectivity index (χ1n) is 15.1. The third-order valence-electron chi connectivity index (χ3n) is 7.28. The summed E-state index contributed by atoms with van der Waals surface area (Å²) in [6, 6.07) is 21.6. The Hall–Kier alpha value is -2.88. The monoisotopic (exact) mass is 560 g/mol. The molecule has 41 heavy (non-hydrogen) atoms. The van der Waals surface area contributed by atoms with Gasteiger partial charge >= 0.3 is 0 Å². The zero-order valence-corrected chi connectivity index (χ0v) is 28.1. The minimum Gasteiger partial charge on any atom is -0.302 e. The van der Waals surface area contributed by atoms with Crippen LogP contribution in [0.25, 0.3) is 16.8 Å². The van der Waals surface area contributed by atoms with Crippen molar-refractivity contribution in [2.45, 2.75) is 99.5 Å². The summed E-state index contributed by atoms with van der Waals surface area (Å²) in [7, 11) is 2.17. The molecule has 0 aromatic heterocycles. The Balaban J connectivity index is 0.000000579. The van der Waals surface area contributed by atoms with E-state index in [-0.39, 0.29) is 5.41 Å². The van der Waals surface area contributed by atoms with Gasteiger partial charge in [-0.25, -0.2) is 0 Å². The van der Waals surface area contributed by atoms with Gasteiger partial charge in [-0.15, -0.1) is 0 Å². The highest BCUT2D eigenvalue weighted by Crippen LogP contribution is 2.26. The van der Waals surface area contributed by atoms with Crippen molar-refractivity contribution in [2.75, 3.05) is 13.6 Å². The topological polar surface area (TPSA) is 35.5 Å². The number of nitrogens with one attached hydrogen (secondary N) is 1. The summed E-state index contributed by atoms with van der Waals surface area (Å²) in [6.07, 6.45) is 6.79. The van der Waals surface area contributed by atoms with Crippen molar-refractivity contribution >= 4 is 16.8 Å². The van der Waals surface area contributed by atoms with Crippen LogP contribution in [0.1, 0.15) is 97.4 Å². The summed E-state index contributed by atoms with van der Waals surface area (Å²) in [6.45, 7) is 30.7. The van der Waals surface area contributed by atoms with Crippen molar-refractivity contribution in [3.63, 3.8) is 0 Å². The SMILES string of the molecule is C=CNO.C=Cc1c(CC(C)CC)ccc2ccccc12.CCCN(C)C(C)(C)C.Cc1ccccc1C(C)(C)C. The van der Waals surface area contributed by atoms with Gasteiger partial charge in [-0.1, -0.05) is 128 Å². The molecule has 0 spiro atoms. The second-order valence-electron chi connectivity index (χ2n) is 12.8. The Morgan fingerprint density at radius 2 is 1.46 bits per heavy atom. The van der Waals surface area contributed by atoms with E-state index in [1.807, 2.05) is 6.08 Å². The van der Waals surface area contributed by atoms with Crippen LogP contribution in [0, 0.1) is 12.8 Å². The zero-order chi connectivity index (χ0) is 31.6. The predicted octanol–water partition coefficient (Wildman–Crippen LogP) is 10.6. The zero-order valence-electron chi connectivity index (χ0n) is 28.1. The van der Waals surface area contributed by atoms with Gasteiger partial charge in [-0.05, 0) is 98.5 Å². The molecule has 0 amide bonds. The van der Waals surface area contributed by atoms with Gasteiger partial charge in [0.1, 0.15) is 0 Å². The first-order valence-corrected chi connectivity index (χ1v) is 15.1. The first-order chi connectivity index (χ1) is 19.2. The van der Waals surface area contributed by atoms with E-state index in [2.05, 4.69) is 155 Å². The Kier molecular flexibility index (Phi) is 17.9. The number of hydrogen-bond acceptors (Lipinski definition) is 3. The molecule has 3 rings (SSSR count). The minimum atomic E-state index is 0.283. The molecule has 0 saturated heterocycles. The Labute approximate surface area is 253 Å². The van der Waals surface area contributed by atoms with Gasteiger partial charge in [0.05, 0.1) is 0 Å². The normalized spacial score (nSPS) is 11.6. The molecule has 3 heteroatoms. The van der Waals surface area contributed by atoms with E-state index in [9.17, 15) is 0 Å². The molecule has 0 saturated carbocycles. The van der Waals surface area contributed by atoms with Crippen molar-refractivity contribution in [1.82, 2.24) is 10.4 Å². The maximum atomic E-state index is 7.51. The van der Waals surface area contributed by atoms with Gasteiger partial charge in [0.15, 0.2) is 0 Å². The van der Waals surface area contributed by atoms with Gasteiger partial charge in [-0.2, -0.15) is 0 Å². The molecular weight excluding hydrogens is 500 g/mol. The van der Waals surface area contributed by atoms with Crippen LogP contribution in [-0.4, -0.2) is 29.2 Å². The van der Waals surface area contributed by atoms with Crippen LogP contribution >= 0.6 is 0 Å². The summed E-state index contributed by atoms with van der Waals surface area (Å²) in [5.74, 6) is 0.731. The molecule has 228 valence electrons. The second-order valence-corrected chi connectivity index (χ2v) is 12.8. The fraction of sp³-hybridized carbons (Fsp3) is 0.474. The van der Waals surface area contributed by atoms with Crippen molar-refractivity contribution < 1.29 is 5.21 Å². The van der Waals surface area contributed by atoms with E-state index in [0.717, 1.165) is 12.3 Å². The number of nitrogens with zero attached hydrogens (tertiary/aromatic N) is 1. The van der Waals surface area contributed by atoms with E-state index in [1.54, 1.807) is 5.48 Å². The molecule has 0 heterocycles. The van der Waals surface area contributed by atoms with Crippen molar-refractivity contribution in [3.05, 3.63) is 102 Å². The Bertz CT molecular complexity index is 1150. The molecule has 0 fully saturated rings. The van der Waals surface area contributed by atoms with E-state index in [4.69, 9.17) is 5.21 Å². The van der Waals surface area contributed by atoms with Gasteiger partial charge in [0.2, 0.25) is 0 Å². The highest BCUT2D eigenvalue weighted by Gasteiger charge is 2.15. The number of benzene rings is 3. The molecule has 2 N–H and O–H groups in total. The predicted molar refractivity (Wildman–Crippen MR) is 185 cm³/mol. The van der Waals surface area contributed by atoms with Crippen LogP contribution in [0.4, 0.5) is 0 Å². The smallest absolute Gasteiger partial charge is 0.0168 e. The lowest BCUT2D eigenvalue weighted by Gasteiger charge is -2.31. The summed E-state index contributed by atoms with van der Waals surface area (Å²) in [4.78, 5) is 2.37. The number of rotatable bonds is 7. The third-order valence-corrected chi connectivity index (χ3v) is 7.28. The number of fused-ring (bicyclic) bond motifs is 1. The van der Waals surface area contributed by atoms with Crippen LogP contribution < -0.4 is 5.48 Å². The van der Waals surface area contributed by atoms with Crippen LogP contribution in [0.5, 0.6) is 0 Å². The van der Waals surface area contributed by atoms with Gasteiger partial charge in [0, 0.05) is 11.7 Å².